The third-order valence-electron chi connectivity index (χ3n) is 4.37. The van der Waals surface area contributed by atoms with Gasteiger partial charge in [0.25, 0.3) is 0 Å². The lowest BCUT2D eigenvalue weighted by molar-refractivity contribution is -0.119. The number of amides is 1. The lowest BCUT2D eigenvalue weighted by atomic mass is 10.2. The second-order valence-electron chi connectivity index (χ2n) is 7.12. The normalized spacial score (nSPS) is 15.8. The zero-order chi connectivity index (χ0) is 22.0. The molecule has 1 saturated heterocycles. The van der Waals surface area contributed by atoms with Gasteiger partial charge in [-0.15, -0.1) is 0 Å². The van der Waals surface area contributed by atoms with E-state index in [1.165, 1.54) is 4.57 Å². The quantitative estimate of drug-likeness (QED) is 0.422. The summed E-state index contributed by atoms with van der Waals surface area (Å²) >= 11 is 0. The molecule has 1 aliphatic rings. The van der Waals surface area contributed by atoms with Crippen LogP contribution in [0.5, 0.6) is 0 Å². The molecule has 0 spiro atoms. The van der Waals surface area contributed by atoms with Gasteiger partial charge in [-0.3, -0.25) is 9.36 Å². The third-order valence-corrected chi connectivity index (χ3v) is 4.37. The maximum absolute atomic E-state index is 14.2. The van der Waals surface area contributed by atoms with Gasteiger partial charge in [0.2, 0.25) is 11.9 Å². The first-order valence-corrected chi connectivity index (χ1v) is 9.23. The molecule has 0 aliphatic carbocycles. The van der Waals surface area contributed by atoms with Gasteiger partial charge in [-0.25, -0.2) is 18.2 Å². The number of nitrogens with one attached hydrogen (secondary N) is 5. The van der Waals surface area contributed by atoms with E-state index < -0.39 is 29.2 Å². The Morgan fingerprint density at radius 3 is 2.57 bits per heavy atom. The number of hydrogen-bond acceptors (Lipinski definition) is 6. The van der Waals surface area contributed by atoms with Gasteiger partial charge in [-0.05, 0) is 13.8 Å². The highest BCUT2D eigenvalue weighted by atomic mass is 19.1. The first kappa shape index (κ1) is 21.2. The van der Waals surface area contributed by atoms with Crippen molar-refractivity contribution in [2.45, 2.75) is 32.4 Å². The van der Waals surface area contributed by atoms with Crippen molar-refractivity contribution in [2.24, 2.45) is 0 Å². The topological polar surface area (TPSA) is 107 Å². The molecule has 1 amide bonds. The fourth-order valence-electron chi connectivity index (χ4n) is 3.19. The van der Waals surface area contributed by atoms with E-state index in [1.807, 2.05) is 13.8 Å². The molecule has 5 N–H and O–H groups in total. The summed E-state index contributed by atoms with van der Waals surface area (Å²) in [7, 11) is 0. The SMILES string of the molecule is C=C(Nc1c(C=N)nc(Nc2c(F)cc(F)cc2F)n1[C@@H]1CNC(=O)C1)NC(C)C. The Morgan fingerprint density at radius 1 is 1.37 bits per heavy atom. The minimum Gasteiger partial charge on any atom is -0.370 e. The van der Waals surface area contributed by atoms with E-state index in [2.05, 4.69) is 32.8 Å². The largest absolute Gasteiger partial charge is 0.370 e. The van der Waals surface area contributed by atoms with Crippen molar-refractivity contribution >= 4 is 29.6 Å². The Labute approximate surface area is 171 Å². The van der Waals surface area contributed by atoms with Crippen LogP contribution in [0.4, 0.5) is 30.6 Å². The molecule has 3 rings (SSSR count). The Morgan fingerprint density at radius 2 is 2.03 bits per heavy atom. The minimum atomic E-state index is -1.14. The van der Waals surface area contributed by atoms with E-state index in [1.54, 1.807) is 0 Å². The number of imidazole rings is 1. The highest BCUT2D eigenvalue weighted by Crippen LogP contribution is 2.33. The van der Waals surface area contributed by atoms with Gasteiger partial charge >= 0.3 is 0 Å². The highest BCUT2D eigenvalue weighted by Gasteiger charge is 2.30. The van der Waals surface area contributed by atoms with Crippen LogP contribution < -0.4 is 21.3 Å². The van der Waals surface area contributed by atoms with Gasteiger partial charge in [0.15, 0.2) is 11.6 Å². The Bertz CT molecular complexity index is 979. The van der Waals surface area contributed by atoms with Crippen LogP contribution in [0.25, 0.3) is 0 Å². The van der Waals surface area contributed by atoms with Crippen LogP contribution >= 0.6 is 0 Å². The number of anilines is 3. The number of rotatable bonds is 8. The molecule has 0 unspecified atom stereocenters. The fourth-order valence-corrected chi connectivity index (χ4v) is 3.19. The van der Waals surface area contributed by atoms with Crippen LogP contribution in [-0.4, -0.2) is 34.3 Å². The van der Waals surface area contributed by atoms with Crippen molar-refractivity contribution in [1.29, 1.82) is 5.41 Å². The number of nitrogens with zero attached hydrogens (tertiary/aromatic N) is 2. The summed E-state index contributed by atoms with van der Waals surface area (Å²) in [6.07, 6.45) is 1.07. The second kappa shape index (κ2) is 8.47. The molecule has 1 aromatic heterocycles. The average molecular weight is 421 g/mol. The van der Waals surface area contributed by atoms with Crippen molar-refractivity contribution < 1.29 is 18.0 Å². The fraction of sp³-hybridized carbons (Fsp3) is 0.316. The van der Waals surface area contributed by atoms with Gasteiger partial charge in [-0.2, -0.15) is 0 Å². The second-order valence-corrected chi connectivity index (χ2v) is 7.12. The Kier molecular flexibility index (Phi) is 5.99. The molecule has 1 aliphatic heterocycles. The summed E-state index contributed by atoms with van der Waals surface area (Å²) < 4.78 is 43.2. The first-order chi connectivity index (χ1) is 14.2. The minimum absolute atomic E-state index is 0.0146. The molecule has 30 heavy (non-hydrogen) atoms. The van der Waals surface area contributed by atoms with Gasteiger partial charge < -0.3 is 26.7 Å². The van der Waals surface area contributed by atoms with Crippen LogP contribution in [0, 0.1) is 22.9 Å². The van der Waals surface area contributed by atoms with Crippen LogP contribution in [0.1, 0.15) is 32.0 Å². The standard InChI is InChI=1S/C19H22F3N7O/c1-9(2)25-10(3)26-18-15(7-23)27-19(29(18)12-6-16(30)24-8-12)28-17-13(21)4-11(20)5-14(17)22/h4-5,7,9,12,23,25-26H,3,6,8H2,1-2H3,(H,24,30)(H,27,28)/t12-/m0/s1. The molecule has 0 saturated carbocycles. The predicted molar refractivity (Wildman–Crippen MR) is 107 cm³/mol. The number of carbonyl (C=O) groups excluding carboxylic acids is 1. The summed E-state index contributed by atoms with van der Waals surface area (Å²) in [5.74, 6) is -2.81. The smallest absolute Gasteiger partial charge is 0.222 e. The van der Waals surface area contributed by atoms with E-state index >= 15 is 0 Å². The third kappa shape index (κ3) is 4.39. The lowest BCUT2D eigenvalue weighted by Crippen LogP contribution is -2.27. The van der Waals surface area contributed by atoms with E-state index in [0.29, 0.717) is 23.8 Å². The molecule has 0 bridgehead atoms. The number of benzene rings is 1. The summed E-state index contributed by atoms with van der Waals surface area (Å²) in [4.78, 5) is 16.0. The molecule has 0 radical (unpaired) electrons. The van der Waals surface area contributed by atoms with Crippen molar-refractivity contribution in [3.05, 3.63) is 47.7 Å². The molecule has 8 nitrogen and oxygen atoms in total. The van der Waals surface area contributed by atoms with E-state index in [9.17, 15) is 18.0 Å². The molecule has 1 fully saturated rings. The molecule has 2 aromatic rings. The van der Waals surface area contributed by atoms with E-state index in [4.69, 9.17) is 5.41 Å². The summed E-state index contributed by atoms with van der Waals surface area (Å²) in [6, 6.07) is 0.719. The predicted octanol–water partition coefficient (Wildman–Crippen LogP) is 2.98. The van der Waals surface area contributed by atoms with E-state index in [-0.39, 0.29) is 36.6 Å². The van der Waals surface area contributed by atoms with Crippen molar-refractivity contribution in [3.63, 3.8) is 0 Å². The number of carbonyl (C=O) groups is 1. The van der Waals surface area contributed by atoms with Crippen LogP contribution in [0.2, 0.25) is 0 Å². The van der Waals surface area contributed by atoms with E-state index in [0.717, 1.165) is 6.21 Å². The lowest BCUT2D eigenvalue weighted by Gasteiger charge is -2.21. The van der Waals surface area contributed by atoms with Gasteiger partial charge in [0.1, 0.15) is 23.0 Å². The van der Waals surface area contributed by atoms with Crippen LogP contribution in [0.3, 0.4) is 0 Å². The number of halogens is 3. The van der Waals surface area contributed by atoms with Gasteiger partial charge in [0, 0.05) is 37.4 Å². The van der Waals surface area contributed by atoms with Crippen molar-refractivity contribution in [1.82, 2.24) is 20.2 Å². The number of aromatic nitrogens is 2. The molecule has 2 heterocycles. The van der Waals surface area contributed by atoms with Gasteiger partial charge in [-0.1, -0.05) is 6.58 Å². The molecule has 11 heteroatoms. The average Bonchev–Trinajstić information content (AvgIpc) is 3.20. The van der Waals surface area contributed by atoms with Crippen molar-refractivity contribution in [2.75, 3.05) is 17.2 Å². The summed E-state index contributed by atoms with van der Waals surface area (Å²) in [5, 5.41) is 19.0. The molecule has 160 valence electrons. The maximum atomic E-state index is 14.2. The first-order valence-electron chi connectivity index (χ1n) is 9.23. The zero-order valence-corrected chi connectivity index (χ0v) is 16.4. The highest BCUT2D eigenvalue weighted by molar-refractivity contribution is 5.85. The Balaban J connectivity index is 2.07. The summed E-state index contributed by atoms with van der Waals surface area (Å²) in [6.45, 7) is 7.96. The molecular formula is C19H22F3N7O. The molecule has 1 aromatic carbocycles. The zero-order valence-electron chi connectivity index (χ0n) is 16.4. The monoisotopic (exact) mass is 421 g/mol. The van der Waals surface area contributed by atoms with Crippen molar-refractivity contribution in [3.8, 4) is 0 Å². The maximum Gasteiger partial charge on any atom is 0.222 e. The van der Waals surface area contributed by atoms with Crippen LogP contribution in [-0.2, 0) is 4.79 Å². The van der Waals surface area contributed by atoms with Crippen LogP contribution in [0.15, 0.2) is 24.5 Å². The molecule has 1 atom stereocenters. The number of hydrogen-bond donors (Lipinski definition) is 5. The molecular weight excluding hydrogens is 399 g/mol. The Hall–Kier alpha value is -3.50. The van der Waals surface area contributed by atoms with Gasteiger partial charge in [0.05, 0.1) is 11.9 Å². The summed E-state index contributed by atoms with van der Waals surface area (Å²) in [5.41, 5.74) is -0.436.